The molecule has 39 heavy (non-hydrogen) atoms. The van der Waals surface area contributed by atoms with Crippen molar-refractivity contribution in [2.45, 2.75) is 46.1 Å². The van der Waals surface area contributed by atoms with E-state index < -0.39 is 16.9 Å². The van der Waals surface area contributed by atoms with Gasteiger partial charge < -0.3 is 19.7 Å². The smallest absolute Gasteiger partial charge is 0.336 e. The predicted octanol–water partition coefficient (Wildman–Crippen LogP) is 5.21. The number of carbonyl (C=O) groups excluding carboxylic acids is 2. The van der Waals surface area contributed by atoms with Crippen molar-refractivity contribution in [2.75, 3.05) is 25.2 Å². The van der Waals surface area contributed by atoms with Gasteiger partial charge in [-0.15, -0.1) is 0 Å². The Kier molecular flexibility index (Phi) is 8.61. The molecule has 2 aliphatic rings. The van der Waals surface area contributed by atoms with Crippen LogP contribution in [0.2, 0.25) is 0 Å². The van der Waals surface area contributed by atoms with E-state index in [-0.39, 0.29) is 24.8 Å². The van der Waals surface area contributed by atoms with Gasteiger partial charge in [0.2, 0.25) is 0 Å². The SMILES string of the molecule is COC(=O)C1=C(C)N(c2cccc([N+](=O)[O-])c2)C(C)=C(C(=O)OCCC2CC(c3ccc(C)cc3)=CCN2)C1. The number of methoxy groups -OCH3 is 1. The lowest BCUT2D eigenvalue weighted by atomic mass is 9.93. The lowest BCUT2D eigenvalue weighted by Crippen LogP contribution is -2.34. The van der Waals surface area contributed by atoms with Gasteiger partial charge in [0.1, 0.15) is 0 Å². The molecule has 9 heteroatoms. The molecule has 1 atom stereocenters. The number of carbonyl (C=O) groups is 2. The van der Waals surface area contributed by atoms with Crippen LogP contribution >= 0.6 is 0 Å². The molecule has 2 aliphatic heterocycles. The second kappa shape index (κ2) is 12.1. The first-order valence-corrected chi connectivity index (χ1v) is 12.9. The van der Waals surface area contributed by atoms with Crippen LogP contribution in [0.5, 0.6) is 0 Å². The van der Waals surface area contributed by atoms with Crippen LogP contribution in [0.3, 0.4) is 0 Å². The third kappa shape index (κ3) is 6.26. The van der Waals surface area contributed by atoms with Crippen molar-refractivity contribution in [1.29, 1.82) is 0 Å². The number of anilines is 1. The average molecular weight is 532 g/mol. The molecule has 0 fully saturated rings. The molecule has 0 saturated heterocycles. The Balaban J connectivity index is 1.48. The van der Waals surface area contributed by atoms with Crippen LogP contribution in [0, 0.1) is 17.0 Å². The highest BCUT2D eigenvalue weighted by Crippen LogP contribution is 2.37. The zero-order chi connectivity index (χ0) is 28.1. The normalized spacial score (nSPS) is 17.6. The van der Waals surface area contributed by atoms with Gasteiger partial charge in [-0.25, -0.2) is 9.59 Å². The third-order valence-electron chi connectivity index (χ3n) is 7.22. The van der Waals surface area contributed by atoms with Gasteiger partial charge in [-0.3, -0.25) is 10.1 Å². The Morgan fingerprint density at radius 1 is 1.05 bits per heavy atom. The maximum Gasteiger partial charge on any atom is 0.336 e. The lowest BCUT2D eigenvalue weighted by molar-refractivity contribution is -0.384. The number of ether oxygens (including phenoxy) is 2. The standard InChI is InChI=1S/C30H33N3O6/c1-19-8-10-22(11-9-19)23-12-14-31-24(16-23)13-15-39-30(35)28-18-27(29(34)38-4)20(2)32(21(28)3)25-6-5-7-26(17-25)33(36)37/h5-12,17,24,31H,13-16,18H2,1-4H3. The zero-order valence-electron chi connectivity index (χ0n) is 22.7. The van der Waals surface area contributed by atoms with E-state index in [9.17, 15) is 19.7 Å². The monoisotopic (exact) mass is 531 g/mol. The fourth-order valence-electron chi connectivity index (χ4n) is 5.01. The first-order chi connectivity index (χ1) is 18.7. The van der Waals surface area contributed by atoms with Crippen LogP contribution in [0.15, 0.2) is 77.1 Å². The Bertz CT molecular complexity index is 1370. The number of non-ortho nitro benzene ring substituents is 1. The Hall–Kier alpha value is -4.24. The maximum atomic E-state index is 13.3. The second-order valence-corrected chi connectivity index (χ2v) is 9.74. The van der Waals surface area contributed by atoms with Crippen molar-refractivity contribution in [2.24, 2.45) is 0 Å². The first kappa shape index (κ1) is 27.8. The van der Waals surface area contributed by atoms with Gasteiger partial charge in [-0.05, 0) is 50.8 Å². The number of rotatable bonds is 8. The van der Waals surface area contributed by atoms with Crippen LogP contribution in [-0.2, 0) is 19.1 Å². The fraction of sp³-hybridized carbons (Fsp3) is 0.333. The number of esters is 2. The van der Waals surface area contributed by atoms with Crippen LogP contribution in [0.4, 0.5) is 11.4 Å². The first-order valence-electron chi connectivity index (χ1n) is 12.9. The van der Waals surface area contributed by atoms with Crippen LogP contribution < -0.4 is 10.2 Å². The van der Waals surface area contributed by atoms with Gasteiger partial charge in [0.15, 0.2) is 0 Å². The van der Waals surface area contributed by atoms with Crippen molar-refractivity contribution in [3.63, 3.8) is 0 Å². The van der Waals surface area contributed by atoms with Crippen LogP contribution in [-0.4, -0.2) is 43.2 Å². The zero-order valence-corrected chi connectivity index (χ0v) is 22.7. The molecule has 2 aromatic carbocycles. The molecule has 204 valence electrons. The topological polar surface area (TPSA) is 111 Å². The summed E-state index contributed by atoms with van der Waals surface area (Å²) in [7, 11) is 1.28. The van der Waals surface area contributed by atoms with Gasteiger partial charge in [-0.1, -0.05) is 42.0 Å². The molecule has 0 bridgehead atoms. The highest BCUT2D eigenvalue weighted by molar-refractivity contribution is 5.98. The van der Waals surface area contributed by atoms with Gasteiger partial charge in [-0.2, -0.15) is 0 Å². The van der Waals surface area contributed by atoms with Crippen LogP contribution in [0.25, 0.3) is 5.57 Å². The molecular weight excluding hydrogens is 498 g/mol. The van der Waals surface area contributed by atoms with E-state index in [1.165, 1.54) is 35.9 Å². The molecule has 9 nitrogen and oxygen atoms in total. The molecule has 0 aliphatic carbocycles. The molecule has 0 aromatic heterocycles. The summed E-state index contributed by atoms with van der Waals surface area (Å²) in [6.07, 6.45) is 3.71. The Morgan fingerprint density at radius 3 is 2.41 bits per heavy atom. The number of allylic oxidation sites excluding steroid dienone is 2. The van der Waals surface area contributed by atoms with Crippen molar-refractivity contribution < 1.29 is 24.0 Å². The minimum atomic E-state index is -0.567. The molecule has 1 N–H and O–H groups in total. The summed E-state index contributed by atoms with van der Waals surface area (Å²) in [5.41, 5.74) is 5.75. The number of aryl methyl sites for hydroxylation is 1. The minimum absolute atomic E-state index is 0.0522. The van der Waals surface area contributed by atoms with Crippen molar-refractivity contribution in [3.05, 3.63) is 98.4 Å². The number of nitrogens with zero attached hydrogens (tertiary/aromatic N) is 2. The number of nitro benzene ring substituents is 1. The predicted molar refractivity (Wildman–Crippen MR) is 149 cm³/mol. The average Bonchev–Trinajstić information content (AvgIpc) is 2.93. The number of nitrogens with one attached hydrogen (secondary N) is 1. The number of nitro groups is 1. The highest BCUT2D eigenvalue weighted by atomic mass is 16.6. The molecule has 4 rings (SSSR count). The number of hydrogen-bond donors (Lipinski definition) is 1. The fourth-order valence-corrected chi connectivity index (χ4v) is 5.01. The van der Waals surface area contributed by atoms with Gasteiger partial charge in [0.05, 0.1) is 35.5 Å². The summed E-state index contributed by atoms with van der Waals surface area (Å²) in [6, 6.07) is 14.7. The lowest BCUT2D eigenvalue weighted by Gasteiger charge is -2.33. The number of benzene rings is 2. The summed E-state index contributed by atoms with van der Waals surface area (Å²) in [6.45, 7) is 6.49. The van der Waals surface area contributed by atoms with E-state index in [2.05, 4.69) is 42.6 Å². The van der Waals surface area contributed by atoms with E-state index in [1.807, 2.05) is 0 Å². The molecule has 2 aromatic rings. The summed E-state index contributed by atoms with van der Waals surface area (Å²) in [4.78, 5) is 38.4. The van der Waals surface area contributed by atoms with E-state index >= 15 is 0 Å². The third-order valence-corrected chi connectivity index (χ3v) is 7.22. The quantitative estimate of drug-likeness (QED) is 0.281. The van der Waals surface area contributed by atoms with Gasteiger partial charge in [0, 0.05) is 42.5 Å². The second-order valence-electron chi connectivity index (χ2n) is 9.74. The van der Waals surface area contributed by atoms with Crippen molar-refractivity contribution in [1.82, 2.24) is 5.32 Å². The molecule has 0 radical (unpaired) electrons. The Morgan fingerprint density at radius 2 is 1.74 bits per heavy atom. The van der Waals surface area contributed by atoms with E-state index in [0.717, 1.165) is 13.0 Å². The van der Waals surface area contributed by atoms with Crippen molar-refractivity contribution >= 4 is 28.9 Å². The molecule has 1 unspecified atom stereocenters. The van der Waals surface area contributed by atoms with Crippen LogP contribution in [0.1, 0.15) is 44.2 Å². The van der Waals surface area contributed by atoms with E-state index in [0.29, 0.717) is 34.6 Å². The highest BCUT2D eigenvalue weighted by Gasteiger charge is 2.32. The molecule has 2 heterocycles. The van der Waals surface area contributed by atoms with E-state index in [1.54, 1.807) is 30.9 Å². The largest absolute Gasteiger partial charge is 0.466 e. The Labute approximate surface area is 227 Å². The maximum absolute atomic E-state index is 13.3. The summed E-state index contributed by atoms with van der Waals surface area (Å²) in [5.74, 6) is -1.09. The summed E-state index contributed by atoms with van der Waals surface area (Å²) in [5, 5.41) is 14.8. The summed E-state index contributed by atoms with van der Waals surface area (Å²) < 4.78 is 10.7. The number of hydrogen-bond acceptors (Lipinski definition) is 8. The van der Waals surface area contributed by atoms with Gasteiger partial charge >= 0.3 is 11.9 Å². The summed E-state index contributed by atoms with van der Waals surface area (Å²) >= 11 is 0. The molecule has 0 amide bonds. The minimum Gasteiger partial charge on any atom is -0.466 e. The van der Waals surface area contributed by atoms with E-state index in [4.69, 9.17) is 9.47 Å². The molecular formula is C30H33N3O6. The molecule has 0 spiro atoms. The van der Waals surface area contributed by atoms with Gasteiger partial charge in [0.25, 0.3) is 5.69 Å². The van der Waals surface area contributed by atoms with Crippen molar-refractivity contribution in [3.8, 4) is 0 Å². The molecule has 0 saturated carbocycles.